The van der Waals surface area contributed by atoms with Crippen LogP contribution in [0.25, 0.3) is 6.08 Å². The van der Waals surface area contributed by atoms with E-state index in [2.05, 4.69) is 0 Å². The first-order chi connectivity index (χ1) is 20.9. The first kappa shape index (κ1) is 26.7. The Morgan fingerprint density at radius 2 is 1.37 bits per heavy atom. The summed E-state index contributed by atoms with van der Waals surface area (Å²) in [5.74, 6) is -0.0789. The van der Waals surface area contributed by atoms with Crippen molar-refractivity contribution < 1.29 is 28.6 Å². The number of carbonyl (C=O) groups is 3. The molecule has 7 heteroatoms. The molecule has 1 aliphatic carbocycles. The summed E-state index contributed by atoms with van der Waals surface area (Å²) in [6.07, 6.45) is 3.86. The van der Waals surface area contributed by atoms with Gasteiger partial charge in [-0.1, -0.05) is 60.7 Å². The molecule has 4 aromatic carbocycles. The maximum Gasteiger partial charge on any atom is 0.185 e. The highest BCUT2D eigenvalue weighted by Crippen LogP contribution is 2.62. The van der Waals surface area contributed by atoms with Crippen LogP contribution in [0.1, 0.15) is 48.1 Å². The number of carbonyl (C=O) groups excluding carboxylic acids is 3. The van der Waals surface area contributed by atoms with Crippen LogP contribution in [0.2, 0.25) is 0 Å². The number of ether oxygens (including phenoxy) is 3. The monoisotopic (exact) mass is 571 g/mol. The zero-order chi connectivity index (χ0) is 29.9. The van der Waals surface area contributed by atoms with Crippen molar-refractivity contribution in [2.24, 2.45) is 5.41 Å². The lowest BCUT2D eigenvalue weighted by molar-refractivity contribution is 0.0665. The van der Waals surface area contributed by atoms with Gasteiger partial charge < -0.3 is 19.1 Å². The Labute approximate surface area is 249 Å². The standard InChI is InChI=1S/C36H29NO6/c1-41-23-15-12-22(13-16-23)33(38)32-31(27-18-17-24(42-2)20-29(27)43-3)36(34(39)25-9-5-6-10-26(25)35(36)40)30-19-14-21-8-4-7-11-28(21)37(30)32/h4-20,30-32H,1-3H3/t30?,31-,32+/m0/s1. The molecule has 2 heterocycles. The van der Waals surface area contributed by atoms with E-state index < -0.39 is 23.4 Å². The van der Waals surface area contributed by atoms with Crippen LogP contribution in [0.5, 0.6) is 17.2 Å². The third kappa shape index (κ3) is 3.64. The summed E-state index contributed by atoms with van der Waals surface area (Å²) in [5, 5.41) is 0. The summed E-state index contributed by atoms with van der Waals surface area (Å²) < 4.78 is 16.7. The largest absolute Gasteiger partial charge is 0.497 e. The van der Waals surface area contributed by atoms with Crippen molar-refractivity contribution in [3.8, 4) is 17.2 Å². The number of hydrogen-bond acceptors (Lipinski definition) is 7. The Morgan fingerprint density at radius 3 is 2.02 bits per heavy atom. The molecule has 0 bridgehead atoms. The average Bonchev–Trinajstić information content (AvgIpc) is 3.50. The van der Waals surface area contributed by atoms with E-state index in [4.69, 9.17) is 14.2 Å². The summed E-state index contributed by atoms with van der Waals surface area (Å²) in [5.41, 5.74) is 1.84. The number of Topliss-reactive ketones (excluding diaryl/α,β-unsaturated/α-hetero) is 3. The van der Waals surface area contributed by atoms with Crippen LogP contribution in [-0.2, 0) is 0 Å². The first-order valence-electron chi connectivity index (χ1n) is 14.1. The van der Waals surface area contributed by atoms with E-state index in [0.717, 1.165) is 11.3 Å². The second-order valence-electron chi connectivity index (χ2n) is 11.0. The van der Waals surface area contributed by atoms with Crippen LogP contribution < -0.4 is 19.1 Å². The highest BCUT2D eigenvalue weighted by molar-refractivity contribution is 6.32. The minimum atomic E-state index is -1.62. The van der Waals surface area contributed by atoms with Crippen LogP contribution in [0.15, 0.2) is 97.1 Å². The van der Waals surface area contributed by atoms with Crippen LogP contribution in [0, 0.1) is 5.41 Å². The van der Waals surface area contributed by atoms with Crippen LogP contribution in [0.4, 0.5) is 5.69 Å². The number of fused-ring (bicyclic) bond motifs is 5. The zero-order valence-electron chi connectivity index (χ0n) is 23.9. The zero-order valence-corrected chi connectivity index (χ0v) is 23.9. The Kier molecular flexibility index (Phi) is 6.20. The molecule has 7 nitrogen and oxygen atoms in total. The van der Waals surface area contributed by atoms with E-state index in [9.17, 15) is 14.4 Å². The van der Waals surface area contributed by atoms with Crippen molar-refractivity contribution in [1.82, 2.24) is 0 Å². The van der Waals surface area contributed by atoms with Gasteiger partial charge in [0.05, 0.1) is 27.4 Å². The third-order valence-corrected chi connectivity index (χ3v) is 9.13. The minimum Gasteiger partial charge on any atom is -0.497 e. The van der Waals surface area contributed by atoms with E-state index in [1.807, 2.05) is 47.4 Å². The fourth-order valence-corrected chi connectivity index (χ4v) is 7.26. The van der Waals surface area contributed by atoms with Gasteiger partial charge in [-0.05, 0) is 42.0 Å². The van der Waals surface area contributed by atoms with Gasteiger partial charge in [0.25, 0.3) is 0 Å². The van der Waals surface area contributed by atoms with Crippen LogP contribution in [-0.4, -0.2) is 50.8 Å². The SMILES string of the molecule is COc1ccc(C(=O)[C@H]2[C@H](c3ccc(OC)cc3OC)C3(C(=O)c4ccccc4C3=O)C3C=Cc4ccccc4N32)cc1. The lowest BCUT2D eigenvalue weighted by Crippen LogP contribution is -2.48. The van der Waals surface area contributed by atoms with Gasteiger partial charge in [-0.2, -0.15) is 0 Å². The summed E-state index contributed by atoms with van der Waals surface area (Å²) >= 11 is 0. The number of benzene rings is 4. The molecule has 0 N–H and O–H groups in total. The topological polar surface area (TPSA) is 82.1 Å². The number of hydrogen-bond donors (Lipinski definition) is 0. The molecule has 7 rings (SSSR count). The minimum absolute atomic E-state index is 0.214. The summed E-state index contributed by atoms with van der Waals surface area (Å²) in [7, 11) is 4.67. The molecule has 0 saturated carbocycles. The summed E-state index contributed by atoms with van der Waals surface area (Å²) in [4.78, 5) is 46.5. The number of ketones is 3. The highest BCUT2D eigenvalue weighted by atomic mass is 16.5. The smallest absolute Gasteiger partial charge is 0.185 e. The van der Waals surface area contributed by atoms with E-state index in [1.54, 1.807) is 74.9 Å². The molecule has 0 aromatic heterocycles. The molecular formula is C36H29NO6. The Hall–Kier alpha value is -5.17. The molecule has 3 aliphatic rings. The van der Waals surface area contributed by atoms with Gasteiger partial charge in [0.2, 0.25) is 0 Å². The predicted molar refractivity (Wildman–Crippen MR) is 163 cm³/mol. The quantitative estimate of drug-likeness (QED) is 0.207. The van der Waals surface area contributed by atoms with Gasteiger partial charge in [-0.3, -0.25) is 14.4 Å². The summed E-state index contributed by atoms with van der Waals surface area (Å²) in [6, 6.07) is 25.3. The molecule has 3 atom stereocenters. The molecule has 43 heavy (non-hydrogen) atoms. The molecule has 0 radical (unpaired) electrons. The van der Waals surface area contributed by atoms with Crippen molar-refractivity contribution in [3.05, 3.63) is 125 Å². The maximum atomic E-state index is 14.8. The van der Waals surface area contributed by atoms with Gasteiger partial charge >= 0.3 is 0 Å². The van der Waals surface area contributed by atoms with Gasteiger partial charge in [-0.15, -0.1) is 0 Å². The average molecular weight is 572 g/mol. The molecule has 1 unspecified atom stereocenters. The fraction of sp³-hybridized carbons (Fsp3) is 0.194. The highest BCUT2D eigenvalue weighted by Gasteiger charge is 2.72. The molecule has 1 saturated heterocycles. The number of para-hydroxylation sites is 1. The van der Waals surface area contributed by atoms with Gasteiger partial charge in [0.1, 0.15) is 28.7 Å². The number of nitrogens with zero attached hydrogens (tertiary/aromatic N) is 1. The molecule has 1 fully saturated rings. The summed E-state index contributed by atoms with van der Waals surface area (Å²) in [6.45, 7) is 0. The first-order valence-corrected chi connectivity index (χ1v) is 14.1. The second kappa shape index (κ2) is 9.98. The maximum absolute atomic E-state index is 14.8. The van der Waals surface area contributed by atoms with Gasteiger partial charge in [-0.25, -0.2) is 0 Å². The lowest BCUT2D eigenvalue weighted by Gasteiger charge is -2.37. The Bertz CT molecular complexity index is 1790. The number of rotatable bonds is 6. The van der Waals surface area contributed by atoms with Crippen molar-refractivity contribution in [2.75, 3.05) is 26.2 Å². The molecular weight excluding hydrogens is 542 g/mol. The third-order valence-electron chi connectivity index (χ3n) is 9.13. The van der Waals surface area contributed by atoms with Crippen molar-refractivity contribution in [2.45, 2.75) is 18.0 Å². The van der Waals surface area contributed by atoms with Crippen molar-refractivity contribution >= 4 is 29.1 Å². The van der Waals surface area contributed by atoms with Crippen molar-refractivity contribution in [1.29, 1.82) is 0 Å². The number of methoxy groups -OCH3 is 3. The van der Waals surface area contributed by atoms with E-state index in [0.29, 0.717) is 39.5 Å². The van der Waals surface area contributed by atoms with E-state index >= 15 is 0 Å². The molecule has 214 valence electrons. The van der Waals surface area contributed by atoms with E-state index in [-0.39, 0.29) is 17.3 Å². The Balaban J connectivity index is 1.55. The number of anilines is 1. The normalized spacial score (nSPS) is 20.9. The van der Waals surface area contributed by atoms with E-state index in [1.165, 1.54) is 7.11 Å². The van der Waals surface area contributed by atoms with Crippen LogP contribution in [0.3, 0.4) is 0 Å². The second-order valence-corrected chi connectivity index (χ2v) is 11.0. The molecule has 4 aromatic rings. The molecule has 2 aliphatic heterocycles. The van der Waals surface area contributed by atoms with Gasteiger partial charge in [0.15, 0.2) is 17.3 Å². The van der Waals surface area contributed by atoms with Crippen LogP contribution >= 0.6 is 0 Å². The molecule has 0 amide bonds. The fourth-order valence-electron chi connectivity index (χ4n) is 7.26. The lowest BCUT2D eigenvalue weighted by atomic mass is 9.64. The molecule has 1 spiro atoms. The van der Waals surface area contributed by atoms with Gasteiger partial charge in [0, 0.05) is 39.9 Å². The van der Waals surface area contributed by atoms with Crippen molar-refractivity contribution in [3.63, 3.8) is 0 Å². The Morgan fingerprint density at radius 1 is 0.744 bits per heavy atom. The predicted octanol–water partition coefficient (Wildman–Crippen LogP) is 6.03.